The van der Waals surface area contributed by atoms with Crippen LogP contribution in [0.1, 0.15) is 68.9 Å². The van der Waals surface area contributed by atoms with E-state index in [0.29, 0.717) is 26.1 Å². The van der Waals surface area contributed by atoms with Crippen molar-refractivity contribution in [2.45, 2.75) is 70.6 Å². The van der Waals surface area contributed by atoms with Crippen LogP contribution in [-0.4, -0.2) is 35.1 Å². The molecule has 168 valence electrons. The first-order valence-corrected chi connectivity index (χ1v) is 11.3. The zero-order valence-electron chi connectivity index (χ0n) is 18.3. The molecule has 0 fully saturated rings. The van der Waals surface area contributed by atoms with E-state index in [9.17, 15) is 9.59 Å². The fraction of sp³-hybridized carbons (Fsp3) is 0.520. The van der Waals surface area contributed by atoms with Crippen LogP contribution in [-0.2, 0) is 31.9 Å². The monoisotopic (exact) mass is 426 g/mol. The third-order valence-corrected chi connectivity index (χ3v) is 5.01. The zero-order chi connectivity index (χ0) is 22.0. The first-order chi connectivity index (χ1) is 15.2. The molecule has 0 saturated carbocycles. The van der Waals surface area contributed by atoms with Crippen molar-refractivity contribution in [3.63, 3.8) is 0 Å². The van der Waals surface area contributed by atoms with E-state index >= 15 is 0 Å². The second-order valence-corrected chi connectivity index (χ2v) is 7.63. The summed E-state index contributed by atoms with van der Waals surface area (Å²) in [7, 11) is 0. The average molecular weight is 427 g/mol. The Balaban J connectivity index is 1.34. The lowest BCUT2D eigenvalue weighted by Gasteiger charge is -2.06. The molecule has 2 rings (SSSR count). The van der Waals surface area contributed by atoms with E-state index in [2.05, 4.69) is 9.97 Å². The number of pyridine rings is 2. The van der Waals surface area contributed by atoms with Crippen molar-refractivity contribution in [2.24, 2.45) is 0 Å². The topological polar surface area (TPSA) is 78.4 Å². The Kier molecular flexibility index (Phi) is 12.6. The first-order valence-electron chi connectivity index (χ1n) is 11.3. The molecule has 0 saturated heterocycles. The summed E-state index contributed by atoms with van der Waals surface area (Å²) in [6, 6.07) is 7.91. The number of hydrogen-bond acceptors (Lipinski definition) is 6. The molecule has 0 radical (unpaired) electrons. The smallest absolute Gasteiger partial charge is 0.305 e. The molecule has 0 aromatic carbocycles. The van der Waals surface area contributed by atoms with E-state index in [1.54, 1.807) is 24.8 Å². The molecule has 31 heavy (non-hydrogen) atoms. The summed E-state index contributed by atoms with van der Waals surface area (Å²) < 4.78 is 10.6. The second-order valence-electron chi connectivity index (χ2n) is 7.63. The Morgan fingerprint density at radius 3 is 1.39 bits per heavy atom. The van der Waals surface area contributed by atoms with E-state index in [1.807, 2.05) is 24.3 Å². The standard InChI is InChI=1S/C25H34N2O4/c28-24(30-20-6-8-22-12-16-26-17-13-22)10-4-2-1-3-5-11-25(29)31-21-7-9-23-14-18-27-19-15-23/h12-19H,1-11,20-21H2. The summed E-state index contributed by atoms with van der Waals surface area (Å²) in [5.41, 5.74) is 2.42. The number of carbonyl (C=O) groups is 2. The van der Waals surface area contributed by atoms with Crippen LogP contribution >= 0.6 is 0 Å². The Morgan fingerprint density at radius 2 is 0.968 bits per heavy atom. The minimum absolute atomic E-state index is 0.120. The fourth-order valence-electron chi connectivity index (χ4n) is 3.24. The molecule has 0 aliphatic carbocycles. The largest absolute Gasteiger partial charge is 0.466 e. The van der Waals surface area contributed by atoms with Gasteiger partial charge in [-0.25, -0.2) is 0 Å². The summed E-state index contributed by atoms with van der Waals surface area (Å²) in [6.07, 6.45) is 16.1. The highest BCUT2D eigenvalue weighted by atomic mass is 16.5. The van der Waals surface area contributed by atoms with Crippen molar-refractivity contribution in [1.29, 1.82) is 0 Å². The van der Waals surface area contributed by atoms with Crippen LogP contribution in [0.25, 0.3) is 0 Å². The van der Waals surface area contributed by atoms with Crippen LogP contribution in [0.3, 0.4) is 0 Å². The fourth-order valence-corrected chi connectivity index (χ4v) is 3.24. The Morgan fingerprint density at radius 1 is 0.581 bits per heavy atom. The van der Waals surface area contributed by atoms with Gasteiger partial charge in [0.15, 0.2) is 0 Å². The van der Waals surface area contributed by atoms with Crippen LogP contribution in [0.15, 0.2) is 49.1 Å². The first kappa shape index (κ1) is 24.5. The van der Waals surface area contributed by atoms with Gasteiger partial charge in [-0.1, -0.05) is 19.3 Å². The van der Waals surface area contributed by atoms with E-state index in [-0.39, 0.29) is 11.9 Å². The van der Waals surface area contributed by atoms with E-state index in [0.717, 1.165) is 57.8 Å². The summed E-state index contributed by atoms with van der Waals surface area (Å²) in [5, 5.41) is 0. The van der Waals surface area contributed by atoms with Crippen molar-refractivity contribution >= 4 is 11.9 Å². The van der Waals surface area contributed by atoms with E-state index in [4.69, 9.17) is 9.47 Å². The van der Waals surface area contributed by atoms with Crippen LogP contribution in [0.4, 0.5) is 0 Å². The minimum Gasteiger partial charge on any atom is -0.466 e. The van der Waals surface area contributed by atoms with Crippen molar-refractivity contribution in [2.75, 3.05) is 13.2 Å². The van der Waals surface area contributed by atoms with Gasteiger partial charge in [0.1, 0.15) is 0 Å². The lowest BCUT2D eigenvalue weighted by Crippen LogP contribution is -2.07. The maximum absolute atomic E-state index is 11.8. The number of hydrogen-bond donors (Lipinski definition) is 0. The number of ether oxygens (including phenoxy) is 2. The molecule has 0 aliphatic heterocycles. The number of nitrogens with zero attached hydrogens (tertiary/aromatic N) is 2. The summed E-state index contributed by atoms with van der Waals surface area (Å²) in [6.45, 7) is 0.928. The molecule has 2 aromatic heterocycles. The van der Waals surface area contributed by atoms with Gasteiger partial charge in [0.25, 0.3) is 0 Å². The molecule has 6 heteroatoms. The normalized spacial score (nSPS) is 10.6. The molecule has 0 bridgehead atoms. The molecular formula is C25H34N2O4. The summed E-state index contributed by atoms with van der Waals surface area (Å²) in [4.78, 5) is 31.5. The number of unbranched alkanes of at least 4 members (excludes halogenated alkanes) is 4. The Bertz CT molecular complexity index is 674. The third kappa shape index (κ3) is 12.5. The second kappa shape index (κ2) is 16.0. The number of aryl methyl sites for hydroxylation is 2. The highest BCUT2D eigenvalue weighted by Gasteiger charge is 2.05. The van der Waals surface area contributed by atoms with Gasteiger partial charge in [-0.05, 0) is 73.9 Å². The Labute approximate surface area is 185 Å². The van der Waals surface area contributed by atoms with Gasteiger partial charge < -0.3 is 9.47 Å². The predicted molar refractivity (Wildman–Crippen MR) is 119 cm³/mol. The van der Waals surface area contributed by atoms with Gasteiger partial charge in [0, 0.05) is 37.6 Å². The Hall–Kier alpha value is -2.76. The van der Waals surface area contributed by atoms with Gasteiger partial charge in [-0.15, -0.1) is 0 Å². The van der Waals surface area contributed by atoms with Crippen molar-refractivity contribution in [1.82, 2.24) is 9.97 Å². The zero-order valence-corrected chi connectivity index (χ0v) is 18.3. The number of esters is 2. The maximum Gasteiger partial charge on any atom is 0.305 e. The molecule has 6 nitrogen and oxygen atoms in total. The molecule has 2 heterocycles. The molecule has 0 spiro atoms. The van der Waals surface area contributed by atoms with Crippen LogP contribution < -0.4 is 0 Å². The molecule has 0 amide bonds. The molecule has 0 aliphatic rings. The highest BCUT2D eigenvalue weighted by Crippen LogP contribution is 2.09. The van der Waals surface area contributed by atoms with Gasteiger partial charge in [-0.2, -0.15) is 0 Å². The maximum atomic E-state index is 11.8. The van der Waals surface area contributed by atoms with E-state index in [1.165, 1.54) is 11.1 Å². The molecule has 0 unspecified atom stereocenters. The van der Waals surface area contributed by atoms with Crippen LogP contribution in [0, 0.1) is 0 Å². The summed E-state index contributed by atoms with van der Waals surface area (Å²) in [5.74, 6) is -0.241. The number of rotatable bonds is 16. The predicted octanol–water partition coefficient (Wildman–Crippen LogP) is 4.86. The van der Waals surface area contributed by atoms with Gasteiger partial charge in [-0.3, -0.25) is 19.6 Å². The highest BCUT2D eigenvalue weighted by molar-refractivity contribution is 5.69. The van der Waals surface area contributed by atoms with Crippen LogP contribution in [0.5, 0.6) is 0 Å². The molecular weight excluding hydrogens is 392 g/mol. The van der Waals surface area contributed by atoms with Gasteiger partial charge in [0.2, 0.25) is 0 Å². The number of aromatic nitrogens is 2. The van der Waals surface area contributed by atoms with Crippen molar-refractivity contribution < 1.29 is 19.1 Å². The van der Waals surface area contributed by atoms with Crippen molar-refractivity contribution in [3.05, 3.63) is 60.2 Å². The van der Waals surface area contributed by atoms with Crippen molar-refractivity contribution in [3.8, 4) is 0 Å². The average Bonchev–Trinajstić information content (AvgIpc) is 2.80. The van der Waals surface area contributed by atoms with Gasteiger partial charge >= 0.3 is 11.9 Å². The molecule has 0 N–H and O–H groups in total. The van der Waals surface area contributed by atoms with E-state index < -0.39 is 0 Å². The SMILES string of the molecule is O=C(CCCCCCCC(=O)OCCCc1ccncc1)OCCCc1ccncc1. The van der Waals surface area contributed by atoms with Gasteiger partial charge in [0.05, 0.1) is 13.2 Å². The lowest BCUT2D eigenvalue weighted by molar-refractivity contribution is -0.144. The third-order valence-electron chi connectivity index (χ3n) is 5.01. The molecule has 0 atom stereocenters. The minimum atomic E-state index is -0.120. The van der Waals surface area contributed by atoms with Crippen LogP contribution in [0.2, 0.25) is 0 Å². The summed E-state index contributed by atoms with van der Waals surface area (Å²) >= 11 is 0. The lowest BCUT2D eigenvalue weighted by atomic mass is 10.1. The molecule has 2 aromatic rings. The number of carbonyl (C=O) groups excluding carboxylic acids is 2. The quantitative estimate of drug-likeness (QED) is 0.282.